The quantitative estimate of drug-likeness (QED) is 0.629. The molecule has 0 fully saturated rings. The largest absolute Gasteiger partial charge is 0.488 e. The van der Waals surface area contributed by atoms with Gasteiger partial charge >= 0.3 is 0 Å². The Bertz CT molecular complexity index is 959. The summed E-state index contributed by atoms with van der Waals surface area (Å²) in [4.78, 5) is 8.68. The van der Waals surface area contributed by atoms with Gasteiger partial charge in [0.1, 0.15) is 12.4 Å². The third-order valence-electron chi connectivity index (χ3n) is 4.23. The molecule has 0 radical (unpaired) electrons. The van der Waals surface area contributed by atoms with E-state index >= 15 is 0 Å². The highest BCUT2D eigenvalue weighted by Crippen LogP contribution is 2.32. The highest BCUT2D eigenvalue weighted by molar-refractivity contribution is 6.32. The molecule has 0 amide bonds. The van der Waals surface area contributed by atoms with Crippen LogP contribution in [0.4, 0.5) is 4.39 Å². The van der Waals surface area contributed by atoms with Crippen molar-refractivity contribution in [3.05, 3.63) is 53.6 Å². The summed E-state index contributed by atoms with van der Waals surface area (Å²) in [5.41, 5.74) is 7.91. The molecule has 27 heavy (non-hydrogen) atoms. The molecular formula is C21H23ClFN3O. The molecule has 0 saturated heterocycles. The third kappa shape index (κ3) is 4.73. The number of hydrogen-bond donors (Lipinski definition) is 1. The molecular weight excluding hydrogens is 365 g/mol. The number of aromatic nitrogens is 2. The maximum Gasteiger partial charge on any atom is 0.156 e. The second-order valence-electron chi connectivity index (χ2n) is 7.56. The van der Waals surface area contributed by atoms with E-state index in [0.29, 0.717) is 34.5 Å². The van der Waals surface area contributed by atoms with E-state index in [0.717, 1.165) is 17.4 Å². The Balaban J connectivity index is 1.85. The first kappa shape index (κ1) is 19.5. The molecule has 0 spiro atoms. The monoisotopic (exact) mass is 387 g/mol. The highest BCUT2D eigenvalue weighted by Gasteiger charge is 2.22. The summed E-state index contributed by atoms with van der Waals surface area (Å²) in [6.45, 7) is 6.56. The van der Waals surface area contributed by atoms with Crippen LogP contribution in [0.15, 0.2) is 42.7 Å². The number of nitrogens with zero attached hydrogens (tertiary/aromatic N) is 2. The van der Waals surface area contributed by atoms with Crippen LogP contribution in [0.3, 0.4) is 0 Å². The van der Waals surface area contributed by atoms with Crippen LogP contribution in [-0.2, 0) is 0 Å². The molecule has 1 atom stereocenters. The first-order valence-electron chi connectivity index (χ1n) is 8.87. The van der Waals surface area contributed by atoms with Crippen molar-refractivity contribution in [2.24, 2.45) is 11.7 Å². The van der Waals surface area contributed by atoms with Crippen LogP contribution < -0.4 is 10.5 Å². The highest BCUT2D eigenvalue weighted by atomic mass is 35.5. The van der Waals surface area contributed by atoms with E-state index in [-0.39, 0.29) is 5.82 Å². The molecule has 6 heteroatoms. The van der Waals surface area contributed by atoms with E-state index in [1.54, 1.807) is 24.5 Å². The van der Waals surface area contributed by atoms with Gasteiger partial charge in [0.15, 0.2) is 5.75 Å². The second kappa shape index (κ2) is 7.79. The Kier molecular flexibility index (Phi) is 5.63. The fraction of sp³-hybridized carbons (Fsp3) is 0.333. The van der Waals surface area contributed by atoms with Gasteiger partial charge in [-0.15, -0.1) is 0 Å². The fourth-order valence-electron chi connectivity index (χ4n) is 3.25. The fourth-order valence-corrected chi connectivity index (χ4v) is 3.46. The summed E-state index contributed by atoms with van der Waals surface area (Å²) in [5.74, 6) is 0.641. The van der Waals surface area contributed by atoms with Crippen LogP contribution >= 0.6 is 11.6 Å². The number of nitrogens with two attached hydrogens (primary N) is 1. The van der Waals surface area contributed by atoms with Gasteiger partial charge in [-0.25, -0.2) is 4.39 Å². The van der Waals surface area contributed by atoms with Gasteiger partial charge in [-0.05, 0) is 43.5 Å². The van der Waals surface area contributed by atoms with Gasteiger partial charge < -0.3 is 10.5 Å². The van der Waals surface area contributed by atoms with Crippen LogP contribution in [0.2, 0.25) is 5.02 Å². The van der Waals surface area contributed by atoms with Crippen molar-refractivity contribution in [1.29, 1.82) is 0 Å². The predicted molar refractivity (Wildman–Crippen MR) is 107 cm³/mol. The maximum absolute atomic E-state index is 13.4. The molecule has 0 saturated carbocycles. The number of rotatable bonds is 6. The zero-order chi connectivity index (χ0) is 19.6. The first-order chi connectivity index (χ1) is 12.7. The lowest BCUT2D eigenvalue weighted by Crippen LogP contribution is -2.43. The molecule has 0 aliphatic rings. The zero-order valence-corrected chi connectivity index (χ0v) is 16.4. The number of benzene rings is 1. The molecule has 1 unspecified atom stereocenters. The number of pyridine rings is 2. The number of halogens is 2. The SMILES string of the molecule is CC(C)CC(C)(N)COc1cnc(-c2ccnc3cc(F)ccc23)cc1Cl. The third-order valence-corrected chi connectivity index (χ3v) is 4.53. The Labute approximate surface area is 163 Å². The van der Waals surface area contributed by atoms with Gasteiger partial charge in [-0.1, -0.05) is 25.4 Å². The van der Waals surface area contributed by atoms with Crippen molar-refractivity contribution < 1.29 is 9.13 Å². The van der Waals surface area contributed by atoms with Gasteiger partial charge in [-0.3, -0.25) is 9.97 Å². The molecule has 3 rings (SSSR count). The molecule has 2 aromatic heterocycles. The van der Waals surface area contributed by atoms with E-state index < -0.39 is 5.54 Å². The lowest BCUT2D eigenvalue weighted by molar-refractivity contribution is 0.206. The lowest BCUT2D eigenvalue weighted by atomic mass is 9.93. The Morgan fingerprint density at radius 3 is 2.70 bits per heavy atom. The molecule has 0 aliphatic carbocycles. The van der Waals surface area contributed by atoms with Crippen molar-refractivity contribution in [1.82, 2.24) is 9.97 Å². The van der Waals surface area contributed by atoms with E-state index in [1.165, 1.54) is 12.1 Å². The minimum Gasteiger partial charge on any atom is -0.488 e. The first-order valence-corrected chi connectivity index (χ1v) is 9.25. The average molecular weight is 388 g/mol. The standard InChI is InChI=1S/C21H23ClFN3O/c1-13(2)10-21(3,24)12-27-20-11-26-19(9-17(20)22)16-6-7-25-18-8-14(23)4-5-15(16)18/h4-9,11,13H,10,12,24H2,1-3H3. The summed E-state index contributed by atoms with van der Waals surface area (Å²) >= 11 is 6.41. The summed E-state index contributed by atoms with van der Waals surface area (Å²) in [6.07, 6.45) is 4.07. The topological polar surface area (TPSA) is 61.0 Å². The van der Waals surface area contributed by atoms with Crippen molar-refractivity contribution in [2.45, 2.75) is 32.7 Å². The van der Waals surface area contributed by atoms with Crippen LogP contribution in [0, 0.1) is 11.7 Å². The van der Waals surface area contributed by atoms with Crippen LogP contribution in [-0.4, -0.2) is 22.1 Å². The molecule has 0 bridgehead atoms. The number of ether oxygens (including phenoxy) is 1. The normalized spacial score (nSPS) is 13.7. The van der Waals surface area contributed by atoms with Crippen molar-refractivity contribution >= 4 is 22.5 Å². The van der Waals surface area contributed by atoms with Gasteiger partial charge in [0.25, 0.3) is 0 Å². The molecule has 2 heterocycles. The van der Waals surface area contributed by atoms with Gasteiger partial charge in [0, 0.05) is 28.8 Å². The van der Waals surface area contributed by atoms with E-state index in [4.69, 9.17) is 22.1 Å². The zero-order valence-electron chi connectivity index (χ0n) is 15.7. The van der Waals surface area contributed by atoms with E-state index in [2.05, 4.69) is 23.8 Å². The number of fused-ring (bicyclic) bond motifs is 1. The van der Waals surface area contributed by atoms with Crippen molar-refractivity contribution in [3.8, 4) is 17.0 Å². The molecule has 142 valence electrons. The maximum atomic E-state index is 13.4. The van der Waals surface area contributed by atoms with Crippen molar-refractivity contribution in [2.75, 3.05) is 6.61 Å². The Morgan fingerprint density at radius 2 is 2.00 bits per heavy atom. The molecule has 0 aliphatic heterocycles. The van der Waals surface area contributed by atoms with Gasteiger partial charge in [-0.2, -0.15) is 0 Å². The molecule has 3 aromatic rings. The Hall–Kier alpha value is -2.24. The van der Waals surface area contributed by atoms with E-state index in [9.17, 15) is 4.39 Å². The van der Waals surface area contributed by atoms with Crippen molar-refractivity contribution in [3.63, 3.8) is 0 Å². The smallest absolute Gasteiger partial charge is 0.156 e. The lowest BCUT2D eigenvalue weighted by Gasteiger charge is -2.26. The van der Waals surface area contributed by atoms with Gasteiger partial charge in [0.05, 0.1) is 22.4 Å². The number of hydrogen-bond acceptors (Lipinski definition) is 4. The van der Waals surface area contributed by atoms with Crippen LogP contribution in [0.5, 0.6) is 5.75 Å². The molecule has 2 N–H and O–H groups in total. The minimum atomic E-state index is -0.443. The summed E-state index contributed by atoms with van der Waals surface area (Å²) in [5, 5.41) is 1.26. The average Bonchev–Trinajstić information content (AvgIpc) is 2.58. The predicted octanol–water partition coefficient (Wildman–Crippen LogP) is 5.23. The Morgan fingerprint density at radius 1 is 1.22 bits per heavy atom. The van der Waals surface area contributed by atoms with Crippen LogP contribution in [0.25, 0.3) is 22.2 Å². The molecule has 1 aromatic carbocycles. The summed E-state index contributed by atoms with van der Waals surface area (Å²) < 4.78 is 19.3. The molecule has 4 nitrogen and oxygen atoms in total. The van der Waals surface area contributed by atoms with E-state index in [1.807, 2.05) is 13.0 Å². The van der Waals surface area contributed by atoms with Gasteiger partial charge in [0.2, 0.25) is 0 Å². The second-order valence-corrected chi connectivity index (χ2v) is 7.97. The summed E-state index contributed by atoms with van der Waals surface area (Å²) in [7, 11) is 0. The van der Waals surface area contributed by atoms with Crippen LogP contribution in [0.1, 0.15) is 27.2 Å². The summed E-state index contributed by atoms with van der Waals surface area (Å²) in [6, 6.07) is 8.07. The minimum absolute atomic E-state index is 0.326.